The molecule has 0 aromatic rings. The molecule has 1 atom stereocenters. The molecule has 2 rings (SSSR count). The highest BCUT2D eigenvalue weighted by Crippen LogP contribution is 2.48. The van der Waals surface area contributed by atoms with Gasteiger partial charge in [0.1, 0.15) is 0 Å². The van der Waals surface area contributed by atoms with E-state index < -0.39 is 0 Å². The molecule has 1 unspecified atom stereocenters. The van der Waals surface area contributed by atoms with E-state index in [-0.39, 0.29) is 11.9 Å². The van der Waals surface area contributed by atoms with Gasteiger partial charge in [-0.05, 0) is 63.7 Å². The summed E-state index contributed by atoms with van der Waals surface area (Å²) >= 11 is 0. The predicted molar refractivity (Wildman–Crippen MR) is 115 cm³/mol. The van der Waals surface area contributed by atoms with Gasteiger partial charge < -0.3 is 9.47 Å². The van der Waals surface area contributed by atoms with Crippen molar-refractivity contribution in [1.29, 1.82) is 0 Å². The minimum absolute atomic E-state index is 0.247. The van der Waals surface area contributed by atoms with Gasteiger partial charge in [0.2, 0.25) is 0 Å². The van der Waals surface area contributed by atoms with Crippen molar-refractivity contribution in [2.24, 2.45) is 17.3 Å². The third-order valence-electron chi connectivity index (χ3n) is 6.64. The summed E-state index contributed by atoms with van der Waals surface area (Å²) in [5.41, 5.74) is 1.65. The van der Waals surface area contributed by atoms with Crippen LogP contribution in [-0.4, -0.2) is 42.5 Å². The lowest BCUT2D eigenvalue weighted by molar-refractivity contribution is -0.198. The van der Waals surface area contributed by atoms with Gasteiger partial charge >= 0.3 is 0 Å². The third-order valence-corrected chi connectivity index (χ3v) is 6.64. The number of nitrogens with zero attached hydrogens (tertiary/aromatic N) is 1. The van der Waals surface area contributed by atoms with Gasteiger partial charge in [-0.15, -0.1) is 0 Å². The Kier molecular flexibility index (Phi) is 7.98. The van der Waals surface area contributed by atoms with Gasteiger partial charge in [-0.3, -0.25) is 4.90 Å². The molecule has 1 aliphatic carbocycles. The van der Waals surface area contributed by atoms with E-state index in [0.717, 1.165) is 50.8 Å². The lowest BCUT2D eigenvalue weighted by Crippen LogP contribution is -2.40. The van der Waals surface area contributed by atoms with Crippen LogP contribution in [-0.2, 0) is 9.47 Å². The molecule has 3 nitrogen and oxygen atoms in total. The Morgan fingerprint density at radius 2 is 1.81 bits per heavy atom. The molecule has 0 bridgehead atoms. The average molecular weight is 380 g/mol. The second kappa shape index (κ2) is 9.41. The van der Waals surface area contributed by atoms with Gasteiger partial charge in [-0.25, -0.2) is 0 Å². The molecular weight excluding hydrogens is 334 g/mol. The lowest BCUT2D eigenvalue weighted by Gasteiger charge is -2.43. The Morgan fingerprint density at radius 1 is 1.19 bits per heavy atom. The van der Waals surface area contributed by atoms with Crippen molar-refractivity contribution in [3.05, 3.63) is 12.2 Å². The molecule has 1 saturated carbocycles. The van der Waals surface area contributed by atoms with Crippen molar-refractivity contribution < 1.29 is 9.47 Å². The van der Waals surface area contributed by atoms with Crippen LogP contribution < -0.4 is 0 Å². The lowest BCUT2D eigenvalue weighted by atomic mass is 9.66. The van der Waals surface area contributed by atoms with Gasteiger partial charge in [0, 0.05) is 32.0 Å². The summed E-state index contributed by atoms with van der Waals surface area (Å²) in [6.45, 7) is 23.1. The summed E-state index contributed by atoms with van der Waals surface area (Å²) in [6.07, 6.45) is 7.21. The van der Waals surface area contributed by atoms with Gasteiger partial charge in [0.15, 0.2) is 5.79 Å². The summed E-state index contributed by atoms with van der Waals surface area (Å²) in [5.74, 6) is 1.28. The Hall–Kier alpha value is -0.380. The Morgan fingerprint density at radius 3 is 2.33 bits per heavy atom. The van der Waals surface area contributed by atoms with Crippen molar-refractivity contribution in [1.82, 2.24) is 4.90 Å². The normalized spacial score (nSPS) is 29.4. The molecular formula is C24H45NO2. The number of hydrogen-bond donors (Lipinski definition) is 0. The van der Waals surface area contributed by atoms with Crippen LogP contribution in [0.25, 0.3) is 0 Å². The molecule has 1 aliphatic heterocycles. The van der Waals surface area contributed by atoms with Crippen LogP contribution in [0.4, 0.5) is 0 Å². The number of ether oxygens (including phenoxy) is 2. The van der Waals surface area contributed by atoms with Crippen LogP contribution in [0.5, 0.6) is 0 Å². The minimum Gasteiger partial charge on any atom is -0.347 e. The largest absolute Gasteiger partial charge is 0.347 e. The molecule has 2 fully saturated rings. The minimum atomic E-state index is -0.286. The highest BCUT2D eigenvalue weighted by Gasteiger charge is 2.46. The van der Waals surface area contributed by atoms with Crippen LogP contribution >= 0.6 is 0 Å². The Bertz CT molecular complexity index is 475. The zero-order chi connectivity index (χ0) is 20.2. The number of hydrogen-bond acceptors (Lipinski definition) is 3. The van der Waals surface area contributed by atoms with Crippen molar-refractivity contribution in [2.45, 2.75) is 105 Å². The van der Waals surface area contributed by atoms with Gasteiger partial charge in [-0.2, -0.15) is 0 Å². The molecule has 0 aromatic carbocycles. The fourth-order valence-electron chi connectivity index (χ4n) is 5.26. The van der Waals surface area contributed by atoms with E-state index in [4.69, 9.17) is 9.47 Å². The van der Waals surface area contributed by atoms with E-state index in [1.807, 2.05) is 0 Å². The summed E-state index contributed by atoms with van der Waals surface area (Å²) in [5, 5.41) is 0. The van der Waals surface area contributed by atoms with E-state index >= 15 is 0 Å². The van der Waals surface area contributed by atoms with Crippen molar-refractivity contribution in [3.8, 4) is 0 Å². The quantitative estimate of drug-likeness (QED) is 0.456. The Balaban J connectivity index is 1.81. The van der Waals surface area contributed by atoms with E-state index in [0.29, 0.717) is 11.5 Å². The van der Waals surface area contributed by atoms with Gasteiger partial charge in [-0.1, -0.05) is 39.8 Å². The van der Waals surface area contributed by atoms with Gasteiger partial charge in [0.05, 0.1) is 12.7 Å². The molecule has 3 heteroatoms. The molecule has 158 valence electrons. The fraction of sp³-hybridized carbons (Fsp3) is 0.917. The molecule has 0 aromatic heterocycles. The van der Waals surface area contributed by atoms with E-state index in [1.54, 1.807) is 0 Å². The first kappa shape index (κ1) is 22.9. The zero-order valence-corrected chi connectivity index (χ0v) is 19.1. The van der Waals surface area contributed by atoms with Crippen molar-refractivity contribution in [3.63, 3.8) is 0 Å². The van der Waals surface area contributed by atoms with Crippen LogP contribution in [0.3, 0.4) is 0 Å². The van der Waals surface area contributed by atoms with Crippen molar-refractivity contribution >= 4 is 0 Å². The molecule has 0 amide bonds. The molecule has 1 heterocycles. The fourth-order valence-corrected chi connectivity index (χ4v) is 5.26. The summed E-state index contributed by atoms with van der Waals surface area (Å²) in [6, 6.07) is 0.539. The molecule has 1 saturated heterocycles. The third kappa shape index (κ3) is 6.58. The highest BCUT2D eigenvalue weighted by atomic mass is 16.7. The summed E-state index contributed by atoms with van der Waals surface area (Å²) in [7, 11) is 0. The van der Waals surface area contributed by atoms with E-state index in [2.05, 4.69) is 59.9 Å². The van der Waals surface area contributed by atoms with Crippen LogP contribution in [0.15, 0.2) is 12.2 Å². The smallest absolute Gasteiger partial charge is 0.168 e. The first-order chi connectivity index (χ1) is 12.5. The maximum absolute atomic E-state index is 6.50. The summed E-state index contributed by atoms with van der Waals surface area (Å²) in [4.78, 5) is 2.49. The summed E-state index contributed by atoms with van der Waals surface area (Å²) < 4.78 is 12.7. The molecule has 1 spiro atoms. The first-order valence-corrected chi connectivity index (χ1v) is 11.2. The maximum atomic E-state index is 6.50. The van der Waals surface area contributed by atoms with Crippen LogP contribution in [0, 0.1) is 17.3 Å². The average Bonchev–Trinajstić information content (AvgIpc) is 2.93. The Labute approximate surface area is 168 Å². The monoisotopic (exact) mass is 379 g/mol. The second-order valence-electron chi connectivity index (χ2n) is 10.6. The molecule has 2 aliphatic rings. The van der Waals surface area contributed by atoms with E-state index in [1.165, 1.54) is 24.8 Å². The van der Waals surface area contributed by atoms with Crippen LogP contribution in [0.1, 0.15) is 87.0 Å². The molecule has 0 radical (unpaired) electrons. The number of rotatable bonds is 9. The second-order valence-corrected chi connectivity index (χ2v) is 10.6. The van der Waals surface area contributed by atoms with Gasteiger partial charge in [0.25, 0.3) is 0 Å². The topological polar surface area (TPSA) is 21.7 Å². The zero-order valence-electron chi connectivity index (χ0n) is 19.1. The van der Waals surface area contributed by atoms with Crippen LogP contribution in [0.2, 0.25) is 0 Å². The predicted octanol–water partition coefficient (Wildman–Crippen LogP) is 6.04. The van der Waals surface area contributed by atoms with Crippen molar-refractivity contribution in [2.75, 3.05) is 19.7 Å². The van der Waals surface area contributed by atoms with E-state index in [9.17, 15) is 0 Å². The standard InChI is InChI=1S/C24H45NO2/c1-18(2)15-23(7,8)21-9-12-24(13-10-21)26-17-22(27-24)11-14-25(20(5)6)16-19(3)4/h18,20-22H,3,9-17H2,1-2,4-8H3. The molecule has 27 heavy (non-hydrogen) atoms. The first-order valence-electron chi connectivity index (χ1n) is 11.2. The maximum Gasteiger partial charge on any atom is 0.168 e. The molecule has 0 N–H and O–H groups in total. The SMILES string of the molecule is C=C(C)CN(CCC1COC2(CCC(C(C)(C)CC(C)C)CC2)O1)C(C)C. The highest BCUT2D eigenvalue weighted by molar-refractivity contribution is 4.93.